The minimum Gasteiger partial charge on any atom is -0.312 e. The summed E-state index contributed by atoms with van der Waals surface area (Å²) in [6.07, 6.45) is -4.35. The Labute approximate surface area is 90.9 Å². The van der Waals surface area contributed by atoms with Crippen molar-refractivity contribution in [2.45, 2.75) is 12.2 Å². The SMILES string of the molecule is Cl.N#CC(N)c1ccc(C(F)(F)F)cc1. The van der Waals surface area contributed by atoms with Gasteiger partial charge in [-0.05, 0) is 17.7 Å². The Hall–Kier alpha value is -1.25. The van der Waals surface area contributed by atoms with Gasteiger partial charge in [0.2, 0.25) is 0 Å². The van der Waals surface area contributed by atoms with Crippen molar-refractivity contribution in [2.24, 2.45) is 5.73 Å². The minimum absolute atomic E-state index is 0. The Morgan fingerprint density at radius 3 is 2.00 bits per heavy atom. The van der Waals surface area contributed by atoms with E-state index in [4.69, 9.17) is 11.0 Å². The zero-order chi connectivity index (χ0) is 10.8. The van der Waals surface area contributed by atoms with Gasteiger partial charge in [0.05, 0.1) is 11.6 Å². The fourth-order valence-corrected chi connectivity index (χ4v) is 0.954. The zero-order valence-corrected chi connectivity index (χ0v) is 8.27. The van der Waals surface area contributed by atoms with Gasteiger partial charge in [0, 0.05) is 0 Å². The van der Waals surface area contributed by atoms with Crippen molar-refractivity contribution in [2.75, 3.05) is 0 Å². The molecule has 0 saturated carbocycles. The molecular formula is C9H8ClF3N2. The lowest BCUT2D eigenvalue weighted by Gasteiger charge is -2.08. The normalized spacial score (nSPS) is 12.5. The molecule has 1 rings (SSSR count). The lowest BCUT2D eigenvalue weighted by atomic mass is 10.1. The van der Waals surface area contributed by atoms with Crippen LogP contribution in [0.2, 0.25) is 0 Å². The van der Waals surface area contributed by atoms with Crippen LogP contribution >= 0.6 is 12.4 Å². The van der Waals surface area contributed by atoms with E-state index in [1.165, 1.54) is 12.1 Å². The molecule has 0 aliphatic heterocycles. The molecule has 1 aromatic rings. The maximum absolute atomic E-state index is 12.1. The van der Waals surface area contributed by atoms with Crippen LogP contribution in [0, 0.1) is 11.3 Å². The van der Waals surface area contributed by atoms with Gasteiger partial charge in [0.15, 0.2) is 0 Å². The first kappa shape index (κ1) is 13.8. The van der Waals surface area contributed by atoms with Gasteiger partial charge in [-0.3, -0.25) is 0 Å². The lowest BCUT2D eigenvalue weighted by molar-refractivity contribution is -0.137. The molecule has 0 heterocycles. The number of hydrogen-bond donors (Lipinski definition) is 1. The highest BCUT2D eigenvalue weighted by atomic mass is 35.5. The first-order valence-electron chi connectivity index (χ1n) is 3.77. The van der Waals surface area contributed by atoms with Gasteiger partial charge in [0.1, 0.15) is 6.04 Å². The molecule has 1 aromatic carbocycles. The Morgan fingerprint density at radius 2 is 1.67 bits per heavy atom. The predicted molar refractivity (Wildman–Crippen MR) is 51.2 cm³/mol. The standard InChI is InChI=1S/C9H7F3N2.ClH/c10-9(11,12)7-3-1-6(2-4-7)8(14)5-13;/h1-4,8H,14H2;1H. The van der Waals surface area contributed by atoms with Crippen LogP contribution in [0.1, 0.15) is 17.2 Å². The Balaban J connectivity index is 0.00000196. The predicted octanol–water partition coefficient (Wildman–Crippen LogP) is 2.65. The molecule has 2 N–H and O–H groups in total. The smallest absolute Gasteiger partial charge is 0.312 e. The highest BCUT2D eigenvalue weighted by Crippen LogP contribution is 2.29. The topological polar surface area (TPSA) is 49.8 Å². The molecule has 0 amide bonds. The molecule has 1 unspecified atom stereocenters. The van der Waals surface area contributed by atoms with Gasteiger partial charge < -0.3 is 5.73 Å². The largest absolute Gasteiger partial charge is 0.416 e. The van der Waals surface area contributed by atoms with Gasteiger partial charge in [-0.15, -0.1) is 12.4 Å². The first-order valence-corrected chi connectivity index (χ1v) is 3.77. The van der Waals surface area contributed by atoms with E-state index in [1.807, 2.05) is 0 Å². The van der Waals surface area contributed by atoms with Crippen LogP contribution in [0.5, 0.6) is 0 Å². The van der Waals surface area contributed by atoms with Crippen LogP contribution in [0.15, 0.2) is 24.3 Å². The third-order valence-corrected chi connectivity index (χ3v) is 1.74. The third kappa shape index (κ3) is 3.42. The van der Waals surface area contributed by atoms with E-state index in [0.29, 0.717) is 5.56 Å². The van der Waals surface area contributed by atoms with E-state index in [0.717, 1.165) is 12.1 Å². The molecule has 0 saturated heterocycles. The van der Waals surface area contributed by atoms with Crippen molar-refractivity contribution in [3.8, 4) is 6.07 Å². The van der Waals surface area contributed by atoms with E-state index in [2.05, 4.69) is 0 Å². The molecule has 2 nitrogen and oxygen atoms in total. The van der Waals surface area contributed by atoms with Crippen molar-refractivity contribution in [3.63, 3.8) is 0 Å². The molecule has 0 aromatic heterocycles. The van der Waals surface area contributed by atoms with E-state index in [9.17, 15) is 13.2 Å². The van der Waals surface area contributed by atoms with Gasteiger partial charge in [-0.25, -0.2) is 0 Å². The molecule has 0 aliphatic rings. The fourth-order valence-electron chi connectivity index (χ4n) is 0.954. The highest BCUT2D eigenvalue weighted by Gasteiger charge is 2.30. The van der Waals surface area contributed by atoms with Crippen molar-refractivity contribution in [1.29, 1.82) is 5.26 Å². The number of hydrogen-bond acceptors (Lipinski definition) is 2. The van der Waals surface area contributed by atoms with Crippen molar-refractivity contribution >= 4 is 12.4 Å². The maximum Gasteiger partial charge on any atom is 0.416 e. The molecule has 82 valence electrons. The summed E-state index contributed by atoms with van der Waals surface area (Å²) in [4.78, 5) is 0. The Bertz CT molecular complexity index is 353. The number of benzene rings is 1. The zero-order valence-electron chi connectivity index (χ0n) is 7.45. The Kier molecular flexibility index (Phi) is 4.59. The number of nitrogens with two attached hydrogens (primary N) is 1. The number of rotatable bonds is 1. The van der Waals surface area contributed by atoms with E-state index in [1.54, 1.807) is 6.07 Å². The van der Waals surface area contributed by atoms with E-state index >= 15 is 0 Å². The summed E-state index contributed by atoms with van der Waals surface area (Å²) in [5.74, 6) is 0. The highest BCUT2D eigenvalue weighted by molar-refractivity contribution is 5.85. The number of halogens is 4. The van der Waals surface area contributed by atoms with Gasteiger partial charge in [0.25, 0.3) is 0 Å². The molecule has 6 heteroatoms. The average molecular weight is 237 g/mol. The summed E-state index contributed by atoms with van der Waals surface area (Å²) in [5, 5.41) is 8.42. The monoisotopic (exact) mass is 236 g/mol. The molecule has 0 radical (unpaired) electrons. The van der Waals surface area contributed by atoms with E-state index in [-0.39, 0.29) is 12.4 Å². The summed E-state index contributed by atoms with van der Waals surface area (Å²) in [7, 11) is 0. The van der Waals surface area contributed by atoms with Crippen molar-refractivity contribution in [3.05, 3.63) is 35.4 Å². The second kappa shape index (κ2) is 5.01. The molecule has 1 atom stereocenters. The van der Waals surface area contributed by atoms with Crippen LogP contribution in [-0.2, 0) is 6.18 Å². The number of nitrogens with zero attached hydrogens (tertiary/aromatic N) is 1. The summed E-state index contributed by atoms with van der Waals surface area (Å²) in [6.45, 7) is 0. The Morgan fingerprint density at radius 1 is 1.20 bits per heavy atom. The molecule has 15 heavy (non-hydrogen) atoms. The van der Waals surface area contributed by atoms with Gasteiger partial charge in [-0.1, -0.05) is 12.1 Å². The third-order valence-electron chi connectivity index (χ3n) is 1.74. The maximum atomic E-state index is 12.1. The first-order chi connectivity index (χ1) is 6.45. The van der Waals surface area contributed by atoms with Crippen LogP contribution in [0.4, 0.5) is 13.2 Å². The minimum atomic E-state index is -4.35. The molecule has 0 spiro atoms. The summed E-state index contributed by atoms with van der Waals surface area (Å²) in [6, 6.07) is 5.09. The van der Waals surface area contributed by atoms with Crippen molar-refractivity contribution in [1.82, 2.24) is 0 Å². The van der Waals surface area contributed by atoms with Crippen molar-refractivity contribution < 1.29 is 13.2 Å². The molecular weight excluding hydrogens is 229 g/mol. The van der Waals surface area contributed by atoms with Crippen LogP contribution in [0.25, 0.3) is 0 Å². The number of nitriles is 1. The second-order valence-electron chi connectivity index (χ2n) is 2.73. The molecule has 0 fully saturated rings. The average Bonchev–Trinajstić information content (AvgIpc) is 2.15. The van der Waals surface area contributed by atoms with Crippen LogP contribution in [-0.4, -0.2) is 0 Å². The van der Waals surface area contributed by atoms with E-state index < -0.39 is 17.8 Å². The van der Waals surface area contributed by atoms with Gasteiger partial charge in [-0.2, -0.15) is 18.4 Å². The lowest BCUT2D eigenvalue weighted by Crippen LogP contribution is -2.09. The molecule has 0 aliphatic carbocycles. The summed E-state index contributed by atoms with van der Waals surface area (Å²) >= 11 is 0. The second-order valence-corrected chi connectivity index (χ2v) is 2.73. The quantitative estimate of drug-likeness (QED) is 0.815. The number of alkyl halides is 3. The molecule has 0 bridgehead atoms. The van der Waals surface area contributed by atoms with Gasteiger partial charge >= 0.3 is 6.18 Å². The van der Waals surface area contributed by atoms with Crippen LogP contribution < -0.4 is 5.73 Å². The fraction of sp³-hybridized carbons (Fsp3) is 0.222. The van der Waals surface area contributed by atoms with Crippen LogP contribution in [0.3, 0.4) is 0 Å². The summed E-state index contributed by atoms with van der Waals surface area (Å²) in [5.41, 5.74) is 4.94. The summed E-state index contributed by atoms with van der Waals surface area (Å²) < 4.78 is 36.3.